The van der Waals surface area contributed by atoms with Crippen molar-refractivity contribution in [1.82, 2.24) is 5.32 Å². The van der Waals surface area contributed by atoms with Crippen molar-refractivity contribution in [3.05, 3.63) is 70.7 Å². The van der Waals surface area contributed by atoms with E-state index in [2.05, 4.69) is 44.8 Å². The molecule has 0 saturated heterocycles. The molecule has 0 heterocycles. The lowest BCUT2D eigenvalue weighted by Gasteiger charge is -2.69. The topological polar surface area (TPSA) is 67.6 Å². The lowest BCUT2D eigenvalue weighted by molar-refractivity contribution is -0.160. The van der Waals surface area contributed by atoms with Crippen LogP contribution in [0, 0.1) is 51.4 Å². The van der Waals surface area contributed by atoms with Crippen molar-refractivity contribution in [2.24, 2.45) is 44.8 Å². The van der Waals surface area contributed by atoms with E-state index in [-0.39, 0.29) is 57.2 Å². The molecule has 0 radical (unpaired) electrons. The van der Waals surface area contributed by atoms with E-state index in [0.29, 0.717) is 5.56 Å². The van der Waals surface area contributed by atoms with Gasteiger partial charge in [-0.05, 0) is 91.2 Å². The fourth-order valence-corrected chi connectivity index (χ4v) is 10.7. The Bertz CT molecular complexity index is 1480. The summed E-state index contributed by atoms with van der Waals surface area (Å²) < 4.78 is 0. The van der Waals surface area contributed by atoms with E-state index >= 15 is 0 Å². The summed E-state index contributed by atoms with van der Waals surface area (Å²) in [7, 11) is 0. The van der Waals surface area contributed by atoms with E-state index in [1.165, 1.54) is 0 Å². The summed E-state index contributed by atoms with van der Waals surface area (Å²) in [5.41, 5.74) is -0.0830. The van der Waals surface area contributed by atoms with Crippen LogP contribution in [0.5, 0.6) is 0 Å². The monoisotopic (exact) mass is 566 g/mol. The van der Waals surface area contributed by atoms with Gasteiger partial charge in [0.05, 0.1) is 6.57 Å². The molecule has 42 heavy (non-hydrogen) atoms. The Morgan fingerprint density at radius 2 is 1.60 bits per heavy atom. The van der Waals surface area contributed by atoms with Crippen molar-refractivity contribution >= 4 is 17.5 Å². The van der Waals surface area contributed by atoms with Crippen LogP contribution >= 0.6 is 0 Å². The molecule has 1 N–H and O–H groups in total. The van der Waals surface area contributed by atoms with Gasteiger partial charge in [0.15, 0.2) is 11.6 Å². The van der Waals surface area contributed by atoms with E-state index in [4.69, 9.17) is 6.57 Å². The van der Waals surface area contributed by atoms with Gasteiger partial charge in [-0.1, -0.05) is 78.3 Å². The Balaban J connectivity index is 1.47. The van der Waals surface area contributed by atoms with Crippen molar-refractivity contribution in [3.8, 4) is 0 Å². The van der Waals surface area contributed by atoms with Gasteiger partial charge in [0, 0.05) is 27.9 Å². The number of ketones is 2. The molecule has 5 aliphatic rings. The molecule has 2 unspecified atom stereocenters. The molecule has 0 aliphatic heterocycles. The summed E-state index contributed by atoms with van der Waals surface area (Å²) in [4.78, 5) is 45.3. The number of nitrogens with zero attached hydrogens (tertiary/aromatic N) is 1. The predicted molar refractivity (Wildman–Crippen MR) is 164 cm³/mol. The molecule has 0 bridgehead atoms. The second kappa shape index (κ2) is 9.01. The van der Waals surface area contributed by atoms with Gasteiger partial charge in [-0.25, -0.2) is 4.85 Å². The van der Waals surface area contributed by atoms with E-state index in [1.54, 1.807) is 0 Å². The zero-order chi connectivity index (χ0) is 30.5. The summed E-state index contributed by atoms with van der Waals surface area (Å²) >= 11 is 0. The molecule has 6 rings (SSSR count). The molecule has 1 amide bonds. The van der Waals surface area contributed by atoms with Crippen LogP contribution in [0.4, 0.5) is 0 Å². The van der Waals surface area contributed by atoms with Gasteiger partial charge in [-0.3, -0.25) is 9.59 Å². The molecule has 0 spiro atoms. The Hall–Kier alpha value is -3.00. The highest BCUT2D eigenvalue weighted by Gasteiger charge is 2.70. The lowest BCUT2D eigenvalue weighted by atomic mass is 9.35. The average Bonchev–Trinajstić information content (AvgIpc) is 2.93. The quantitative estimate of drug-likeness (QED) is 0.372. The fraction of sp³-hybridized carbons (Fsp3) is 0.622. The molecule has 1 aromatic carbocycles. The molecule has 5 heteroatoms. The van der Waals surface area contributed by atoms with Crippen LogP contribution in [0.15, 0.2) is 53.8 Å². The van der Waals surface area contributed by atoms with Crippen molar-refractivity contribution < 1.29 is 14.4 Å². The second-order valence-electron chi connectivity index (χ2n) is 16.2. The molecule has 1 aromatic rings. The number of hydrogen-bond donors (Lipinski definition) is 1. The van der Waals surface area contributed by atoms with Crippen LogP contribution in [0.3, 0.4) is 0 Å². The fourth-order valence-electron chi connectivity index (χ4n) is 10.7. The van der Waals surface area contributed by atoms with Gasteiger partial charge in [0.2, 0.25) is 5.70 Å². The van der Waals surface area contributed by atoms with Crippen LogP contribution in [0.25, 0.3) is 4.85 Å². The number of carbonyl (C=O) groups is 3. The number of amides is 1. The van der Waals surface area contributed by atoms with Crippen molar-refractivity contribution in [3.63, 3.8) is 0 Å². The minimum Gasteiger partial charge on any atom is -0.346 e. The molecule has 3 saturated carbocycles. The minimum atomic E-state index is -0.664. The molecule has 0 aromatic heterocycles. The highest BCUT2D eigenvalue weighted by atomic mass is 16.2. The van der Waals surface area contributed by atoms with Crippen LogP contribution in [-0.2, 0) is 9.59 Å². The smallest absolute Gasteiger partial charge is 0.251 e. The first-order chi connectivity index (χ1) is 19.5. The molecular weight excluding hydrogens is 520 g/mol. The Labute approximate surface area is 251 Å². The van der Waals surface area contributed by atoms with Gasteiger partial charge in [-0.15, -0.1) is 0 Å². The minimum absolute atomic E-state index is 0.0386. The first kappa shape index (κ1) is 29.1. The Morgan fingerprint density at radius 3 is 2.26 bits per heavy atom. The molecule has 7 atom stereocenters. The van der Waals surface area contributed by atoms with Gasteiger partial charge in [0.1, 0.15) is 0 Å². The van der Waals surface area contributed by atoms with Crippen LogP contribution in [0.1, 0.15) is 104 Å². The highest BCUT2D eigenvalue weighted by molar-refractivity contribution is 6.03. The number of Topliss-reactive ketones (excluding diaryl/α,β-unsaturated/α-hetero) is 1. The van der Waals surface area contributed by atoms with Gasteiger partial charge < -0.3 is 10.1 Å². The SMILES string of the molecule is [C-]#[N+]C1=C[C@]2(C)C3=CC(=O)C4C5CC(C)(C)CC[C@]5(NC(=O)c5ccccc5)CC[C@@]4(C)[C@]3(C)CC[C@H]2C(C)(C)C1=O. The number of benzene rings is 1. The normalized spacial score (nSPS) is 41.5. The maximum atomic E-state index is 14.7. The third kappa shape index (κ3) is 3.76. The third-order valence-corrected chi connectivity index (χ3v) is 13.2. The second-order valence-corrected chi connectivity index (χ2v) is 16.2. The number of hydrogen-bond acceptors (Lipinski definition) is 3. The van der Waals surface area contributed by atoms with Crippen LogP contribution in [0.2, 0.25) is 0 Å². The number of nitrogens with one attached hydrogen (secondary N) is 1. The molecule has 5 aliphatic carbocycles. The first-order valence-corrected chi connectivity index (χ1v) is 15.8. The predicted octanol–water partition coefficient (Wildman–Crippen LogP) is 7.74. The summed E-state index contributed by atoms with van der Waals surface area (Å²) in [6, 6.07) is 9.45. The van der Waals surface area contributed by atoms with Gasteiger partial charge in [0.25, 0.3) is 5.91 Å². The van der Waals surface area contributed by atoms with E-state index in [0.717, 1.165) is 50.5 Å². The number of fused-ring (bicyclic) bond motifs is 7. The van der Waals surface area contributed by atoms with E-state index in [9.17, 15) is 14.4 Å². The summed E-state index contributed by atoms with van der Waals surface area (Å²) in [6.07, 6.45) is 10.1. The number of allylic oxidation sites excluding steroid dienone is 4. The number of carbonyl (C=O) groups excluding carboxylic acids is 3. The lowest BCUT2D eigenvalue weighted by Crippen LogP contribution is -2.69. The first-order valence-electron chi connectivity index (χ1n) is 15.8. The van der Waals surface area contributed by atoms with Crippen molar-refractivity contribution in [1.29, 1.82) is 0 Å². The zero-order valence-corrected chi connectivity index (χ0v) is 26.4. The molecular formula is C37H46N2O3. The Kier molecular flexibility index (Phi) is 6.24. The van der Waals surface area contributed by atoms with Gasteiger partial charge >= 0.3 is 0 Å². The van der Waals surface area contributed by atoms with Crippen molar-refractivity contribution in [2.45, 2.75) is 99.0 Å². The molecule has 222 valence electrons. The van der Waals surface area contributed by atoms with E-state index < -0.39 is 16.4 Å². The third-order valence-electron chi connectivity index (χ3n) is 13.2. The highest BCUT2D eigenvalue weighted by Crippen LogP contribution is 2.73. The molecule has 5 nitrogen and oxygen atoms in total. The van der Waals surface area contributed by atoms with E-state index in [1.807, 2.05) is 56.3 Å². The van der Waals surface area contributed by atoms with Crippen LogP contribution < -0.4 is 5.32 Å². The summed E-state index contributed by atoms with van der Waals surface area (Å²) in [6.45, 7) is 23.3. The zero-order valence-electron chi connectivity index (χ0n) is 26.4. The van der Waals surface area contributed by atoms with Crippen molar-refractivity contribution in [2.75, 3.05) is 0 Å². The van der Waals surface area contributed by atoms with Gasteiger partial charge in [-0.2, -0.15) is 0 Å². The summed E-state index contributed by atoms with van der Waals surface area (Å²) in [5.74, 6) is -0.0702. The maximum Gasteiger partial charge on any atom is 0.251 e. The number of rotatable bonds is 2. The largest absolute Gasteiger partial charge is 0.346 e. The Morgan fingerprint density at radius 1 is 0.929 bits per heavy atom. The summed E-state index contributed by atoms with van der Waals surface area (Å²) in [5, 5.41) is 3.53. The standard InChI is InChI=1S/C37H46N2O3/c1-32(2)16-18-37(39-31(42)23-12-10-9-11-13-23)19-17-36(7)29(24(37)21-32)26(40)20-28-34(5)22-25(38-8)30(41)33(3,4)27(34)14-15-35(28,36)6/h9-13,20,22,24,27,29H,14-19,21H2,1-7H3,(H,39,42)/t24?,27-,29?,34-,35+,36+,37-/m0/s1. The molecule has 3 fully saturated rings. The van der Waals surface area contributed by atoms with Crippen LogP contribution in [-0.4, -0.2) is 23.0 Å². The maximum absolute atomic E-state index is 14.7. The average molecular weight is 567 g/mol.